The van der Waals surface area contributed by atoms with Gasteiger partial charge in [-0.1, -0.05) is 6.07 Å². The van der Waals surface area contributed by atoms with E-state index in [4.69, 9.17) is 20.0 Å². The van der Waals surface area contributed by atoms with Crippen LogP contribution in [-0.2, 0) is 4.79 Å². The number of carboxylic acids is 1. The second-order valence-corrected chi connectivity index (χ2v) is 8.72. The molecular weight excluding hydrogens is 483 g/mol. The lowest BCUT2D eigenvalue weighted by molar-refractivity contribution is -0.192. The van der Waals surface area contributed by atoms with Crippen LogP contribution in [0.2, 0.25) is 0 Å². The molecule has 1 saturated heterocycles. The minimum Gasteiger partial charge on any atom is -0.475 e. The molecule has 182 valence electrons. The van der Waals surface area contributed by atoms with Crippen molar-refractivity contribution < 1.29 is 27.9 Å². The number of aliphatic carboxylic acids is 1. The molecule has 4 aromatic heterocycles. The van der Waals surface area contributed by atoms with Crippen LogP contribution >= 0.6 is 11.3 Å². The molecule has 4 aromatic rings. The van der Waals surface area contributed by atoms with E-state index >= 15 is 0 Å². The highest BCUT2D eigenvalue weighted by atomic mass is 32.1. The Morgan fingerprint density at radius 1 is 1.03 bits per heavy atom. The Hall–Kier alpha value is -3.80. The summed E-state index contributed by atoms with van der Waals surface area (Å²) in [6, 6.07) is 11.8. The molecule has 0 radical (unpaired) electrons. The van der Waals surface area contributed by atoms with Crippen LogP contribution in [0, 0.1) is 0 Å². The van der Waals surface area contributed by atoms with E-state index < -0.39 is 12.1 Å². The zero-order valence-corrected chi connectivity index (χ0v) is 19.0. The largest absolute Gasteiger partial charge is 0.490 e. The number of carbonyl (C=O) groups is 2. The van der Waals surface area contributed by atoms with Crippen molar-refractivity contribution in [1.29, 1.82) is 0 Å². The number of halogens is 3. The molecule has 0 aromatic carbocycles. The number of pyridine rings is 2. The molecule has 0 bridgehead atoms. The number of nitrogens with zero attached hydrogens (tertiary/aromatic N) is 5. The number of hydrogen-bond acceptors (Lipinski definition) is 6. The Morgan fingerprint density at radius 2 is 1.71 bits per heavy atom. The smallest absolute Gasteiger partial charge is 0.475 e. The maximum atomic E-state index is 12.5. The molecule has 5 heterocycles. The third kappa shape index (κ3) is 5.83. The normalized spacial score (nSPS) is 14.4. The molecule has 1 aliphatic rings. The molecule has 0 spiro atoms. The van der Waals surface area contributed by atoms with Crippen molar-refractivity contribution in [3.05, 3.63) is 71.1 Å². The van der Waals surface area contributed by atoms with Crippen LogP contribution < -0.4 is 0 Å². The van der Waals surface area contributed by atoms with E-state index in [2.05, 4.69) is 11.1 Å². The highest BCUT2D eigenvalue weighted by Gasteiger charge is 2.38. The monoisotopic (exact) mass is 503 g/mol. The number of carbonyl (C=O) groups excluding carboxylic acids is 1. The highest BCUT2D eigenvalue weighted by molar-refractivity contribution is 7.12. The van der Waals surface area contributed by atoms with Crippen molar-refractivity contribution in [3.63, 3.8) is 0 Å². The van der Waals surface area contributed by atoms with Crippen molar-refractivity contribution in [1.82, 2.24) is 24.5 Å². The Kier molecular flexibility index (Phi) is 7.10. The fourth-order valence-electron chi connectivity index (χ4n) is 3.69. The number of alkyl halides is 3. The number of aromatic nitrogens is 4. The molecule has 1 fully saturated rings. The number of thiophene rings is 1. The van der Waals surface area contributed by atoms with Gasteiger partial charge in [0.2, 0.25) is 0 Å². The minimum absolute atomic E-state index is 0.137. The zero-order chi connectivity index (χ0) is 25.0. The van der Waals surface area contributed by atoms with Crippen molar-refractivity contribution in [2.24, 2.45) is 0 Å². The van der Waals surface area contributed by atoms with Gasteiger partial charge in [0, 0.05) is 43.2 Å². The summed E-state index contributed by atoms with van der Waals surface area (Å²) in [5.41, 5.74) is 3.04. The van der Waals surface area contributed by atoms with Crippen LogP contribution in [0.25, 0.3) is 16.8 Å². The van der Waals surface area contributed by atoms with Gasteiger partial charge in [-0.2, -0.15) is 18.3 Å². The summed E-state index contributed by atoms with van der Waals surface area (Å²) in [7, 11) is 0. The topological polar surface area (TPSA) is 101 Å². The van der Waals surface area contributed by atoms with Crippen LogP contribution in [0.5, 0.6) is 0 Å². The third-order valence-electron chi connectivity index (χ3n) is 5.48. The zero-order valence-electron chi connectivity index (χ0n) is 18.2. The molecule has 0 unspecified atom stereocenters. The Labute approximate surface area is 201 Å². The average Bonchev–Trinajstić information content (AvgIpc) is 3.54. The van der Waals surface area contributed by atoms with Gasteiger partial charge in [-0.25, -0.2) is 14.3 Å². The van der Waals surface area contributed by atoms with Crippen LogP contribution in [-0.4, -0.2) is 60.7 Å². The summed E-state index contributed by atoms with van der Waals surface area (Å²) in [6.45, 7) is 1.50. The van der Waals surface area contributed by atoms with Crippen molar-refractivity contribution in [3.8, 4) is 11.1 Å². The molecule has 35 heavy (non-hydrogen) atoms. The molecule has 5 rings (SSSR count). The second-order valence-electron chi connectivity index (χ2n) is 7.77. The summed E-state index contributed by atoms with van der Waals surface area (Å²) in [5, 5.41) is 13.8. The van der Waals surface area contributed by atoms with E-state index in [-0.39, 0.29) is 11.8 Å². The molecule has 1 amide bonds. The van der Waals surface area contributed by atoms with Gasteiger partial charge in [0.05, 0.1) is 4.88 Å². The number of hydrogen-bond donors (Lipinski definition) is 1. The standard InChI is InChI=1S/C21H19N5OS.C2HF3O2/c27-21(18-2-1-13-28-18)25-11-7-16(8-12-25)20-23-19-4-3-17(14-26(19)24-20)15-5-9-22-10-6-15;3-2(4,5)1(6)7/h1-6,9-10,13-14,16H,7-8,11-12H2;(H,6,7). The van der Waals surface area contributed by atoms with Crippen LogP contribution in [0.4, 0.5) is 13.2 Å². The summed E-state index contributed by atoms with van der Waals surface area (Å²) in [6.07, 6.45) is 2.29. The number of piperidine rings is 1. The van der Waals surface area contributed by atoms with Gasteiger partial charge in [0.1, 0.15) is 0 Å². The molecule has 0 aliphatic carbocycles. The Balaban J connectivity index is 0.000000364. The van der Waals surface area contributed by atoms with Gasteiger partial charge in [-0.15, -0.1) is 11.3 Å². The van der Waals surface area contributed by atoms with Gasteiger partial charge in [0.25, 0.3) is 5.91 Å². The lowest BCUT2D eigenvalue weighted by Crippen LogP contribution is -2.37. The van der Waals surface area contributed by atoms with Crippen LogP contribution in [0.15, 0.2) is 60.4 Å². The van der Waals surface area contributed by atoms with Crippen molar-refractivity contribution in [2.45, 2.75) is 24.9 Å². The maximum Gasteiger partial charge on any atom is 0.490 e. The minimum atomic E-state index is -5.08. The summed E-state index contributed by atoms with van der Waals surface area (Å²) in [4.78, 5) is 33.0. The van der Waals surface area contributed by atoms with Gasteiger partial charge in [-0.3, -0.25) is 9.78 Å². The SMILES string of the molecule is O=C(O)C(F)(F)F.O=C(c1cccs1)N1CCC(c2nc3ccc(-c4ccncc4)cn3n2)CC1. The number of fused-ring (bicyclic) bond motifs is 1. The summed E-state index contributed by atoms with van der Waals surface area (Å²) in [5.74, 6) is -1.46. The van der Waals surface area contributed by atoms with E-state index in [0.717, 1.165) is 53.4 Å². The average molecular weight is 504 g/mol. The number of amides is 1. The fourth-order valence-corrected chi connectivity index (χ4v) is 4.38. The molecule has 0 atom stereocenters. The van der Waals surface area contributed by atoms with Gasteiger partial charge in [0.15, 0.2) is 11.5 Å². The first kappa shape index (κ1) is 24.3. The summed E-state index contributed by atoms with van der Waals surface area (Å²) < 4.78 is 33.6. The van der Waals surface area contributed by atoms with E-state index in [1.165, 1.54) is 11.3 Å². The molecular formula is C23H20F3N5O3S. The lowest BCUT2D eigenvalue weighted by Gasteiger charge is -2.30. The second kappa shape index (κ2) is 10.2. The maximum absolute atomic E-state index is 12.5. The van der Waals surface area contributed by atoms with E-state index in [0.29, 0.717) is 0 Å². The predicted molar refractivity (Wildman–Crippen MR) is 122 cm³/mol. The summed E-state index contributed by atoms with van der Waals surface area (Å²) >= 11 is 1.50. The number of rotatable bonds is 3. The molecule has 0 saturated carbocycles. The lowest BCUT2D eigenvalue weighted by atomic mass is 9.96. The Morgan fingerprint density at radius 3 is 2.31 bits per heavy atom. The first-order valence-electron chi connectivity index (χ1n) is 10.6. The van der Waals surface area contributed by atoms with E-state index in [9.17, 15) is 18.0 Å². The van der Waals surface area contributed by atoms with Gasteiger partial charge < -0.3 is 10.0 Å². The molecule has 8 nitrogen and oxygen atoms in total. The first-order chi connectivity index (χ1) is 16.7. The predicted octanol–water partition coefficient (Wildman–Crippen LogP) is 4.51. The van der Waals surface area contributed by atoms with Crippen LogP contribution in [0.3, 0.4) is 0 Å². The number of likely N-dealkylation sites (tertiary alicyclic amines) is 1. The van der Waals surface area contributed by atoms with Gasteiger partial charge >= 0.3 is 12.1 Å². The van der Waals surface area contributed by atoms with Crippen molar-refractivity contribution in [2.75, 3.05) is 13.1 Å². The van der Waals surface area contributed by atoms with Gasteiger partial charge in [-0.05, 0) is 54.1 Å². The van der Waals surface area contributed by atoms with E-state index in [1.807, 2.05) is 51.3 Å². The molecule has 1 aliphatic heterocycles. The third-order valence-corrected chi connectivity index (χ3v) is 6.34. The van der Waals surface area contributed by atoms with Crippen molar-refractivity contribution >= 4 is 28.9 Å². The molecule has 1 N–H and O–H groups in total. The fraction of sp³-hybridized carbons (Fsp3) is 0.261. The Bertz CT molecular complexity index is 1300. The van der Waals surface area contributed by atoms with E-state index in [1.54, 1.807) is 12.4 Å². The highest BCUT2D eigenvalue weighted by Crippen LogP contribution is 2.28. The molecule has 12 heteroatoms. The number of carboxylic acid groups (broad SMARTS) is 1. The van der Waals surface area contributed by atoms with Crippen LogP contribution in [0.1, 0.15) is 34.3 Å². The first-order valence-corrected chi connectivity index (χ1v) is 11.5. The quantitative estimate of drug-likeness (QED) is 0.442.